The van der Waals surface area contributed by atoms with Crippen LogP contribution in [0.4, 0.5) is 0 Å². The highest BCUT2D eigenvalue weighted by atomic mass is 35.5. The van der Waals surface area contributed by atoms with Gasteiger partial charge in [-0.3, -0.25) is 0 Å². The fourth-order valence-corrected chi connectivity index (χ4v) is 2.02. The van der Waals surface area contributed by atoms with Crippen molar-refractivity contribution in [2.75, 3.05) is 0 Å². The van der Waals surface area contributed by atoms with E-state index in [1.165, 1.54) is 12.8 Å². The zero-order valence-corrected chi connectivity index (χ0v) is 10.5. The summed E-state index contributed by atoms with van der Waals surface area (Å²) in [6.07, 6.45) is 4.24. The molecule has 0 spiro atoms. The Labute approximate surface area is 102 Å². The predicted octanol–water partition coefficient (Wildman–Crippen LogP) is 4.05. The lowest BCUT2D eigenvalue weighted by Gasteiger charge is -2.12. The summed E-state index contributed by atoms with van der Waals surface area (Å²) in [6.45, 7) is 2.17. The van der Waals surface area contributed by atoms with E-state index in [2.05, 4.69) is 6.92 Å². The van der Waals surface area contributed by atoms with Crippen LogP contribution >= 0.6 is 23.2 Å². The molecule has 1 atom stereocenters. The number of rotatable bonds is 5. The average Bonchev–Trinajstić information content (AvgIpc) is 2.19. The van der Waals surface area contributed by atoms with E-state index in [4.69, 9.17) is 28.9 Å². The van der Waals surface area contributed by atoms with Gasteiger partial charge in [0, 0.05) is 16.1 Å². The second-order valence-corrected chi connectivity index (χ2v) is 4.69. The molecule has 0 fully saturated rings. The molecule has 3 heteroatoms. The van der Waals surface area contributed by atoms with Gasteiger partial charge in [0.25, 0.3) is 0 Å². The molecule has 1 aromatic carbocycles. The topological polar surface area (TPSA) is 26.0 Å². The van der Waals surface area contributed by atoms with E-state index in [-0.39, 0.29) is 6.04 Å². The summed E-state index contributed by atoms with van der Waals surface area (Å²) in [4.78, 5) is 0. The summed E-state index contributed by atoms with van der Waals surface area (Å²) in [5, 5.41) is 1.39. The number of hydrogen-bond acceptors (Lipinski definition) is 1. The van der Waals surface area contributed by atoms with Gasteiger partial charge >= 0.3 is 0 Å². The Morgan fingerprint density at radius 3 is 2.67 bits per heavy atom. The van der Waals surface area contributed by atoms with E-state index in [1.807, 2.05) is 12.1 Å². The maximum absolute atomic E-state index is 6.07. The lowest BCUT2D eigenvalue weighted by atomic mass is 10.0. The summed E-state index contributed by atoms with van der Waals surface area (Å²) in [6, 6.07) is 5.78. The number of hydrogen-bond donors (Lipinski definition) is 1. The first-order valence-corrected chi connectivity index (χ1v) is 6.08. The molecule has 2 N–H and O–H groups in total. The lowest BCUT2D eigenvalue weighted by molar-refractivity contribution is 0.574. The Balaban J connectivity index is 2.56. The molecule has 0 amide bonds. The van der Waals surface area contributed by atoms with Crippen molar-refractivity contribution in [3.8, 4) is 0 Å². The molecule has 15 heavy (non-hydrogen) atoms. The van der Waals surface area contributed by atoms with E-state index in [0.717, 1.165) is 23.4 Å². The molecule has 0 saturated carbocycles. The summed E-state index contributed by atoms with van der Waals surface area (Å²) >= 11 is 11.9. The van der Waals surface area contributed by atoms with Gasteiger partial charge in [-0.05, 0) is 30.5 Å². The van der Waals surface area contributed by atoms with Gasteiger partial charge in [0.15, 0.2) is 0 Å². The zero-order chi connectivity index (χ0) is 11.3. The fourth-order valence-electron chi connectivity index (χ4n) is 1.54. The SMILES string of the molecule is CCCCC(N)Cc1ccc(Cl)cc1Cl. The van der Waals surface area contributed by atoms with Gasteiger partial charge in [0.2, 0.25) is 0 Å². The third-order valence-electron chi connectivity index (χ3n) is 2.43. The van der Waals surface area contributed by atoms with Crippen LogP contribution in [0.3, 0.4) is 0 Å². The molecule has 0 aliphatic heterocycles. The highest BCUT2D eigenvalue weighted by Gasteiger charge is 2.07. The number of benzene rings is 1. The Morgan fingerprint density at radius 1 is 1.33 bits per heavy atom. The molecule has 1 rings (SSSR count). The minimum Gasteiger partial charge on any atom is -0.327 e. The van der Waals surface area contributed by atoms with Crippen molar-refractivity contribution in [2.24, 2.45) is 5.73 Å². The molecule has 0 heterocycles. The maximum Gasteiger partial charge on any atom is 0.0453 e. The first-order chi connectivity index (χ1) is 7.13. The van der Waals surface area contributed by atoms with Crippen LogP contribution in [0.1, 0.15) is 31.7 Å². The van der Waals surface area contributed by atoms with Gasteiger partial charge < -0.3 is 5.73 Å². The van der Waals surface area contributed by atoms with Crippen molar-refractivity contribution >= 4 is 23.2 Å². The van der Waals surface area contributed by atoms with Crippen LogP contribution in [-0.4, -0.2) is 6.04 Å². The number of halogens is 2. The van der Waals surface area contributed by atoms with E-state index >= 15 is 0 Å². The van der Waals surface area contributed by atoms with Crippen LogP contribution in [0.25, 0.3) is 0 Å². The van der Waals surface area contributed by atoms with Crippen LogP contribution in [0.2, 0.25) is 10.0 Å². The summed E-state index contributed by atoms with van der Waals surface area (Å²) in [5.74, 6) is 0. The van der Waals surface area contributed by atoms with E-state index in [9.17, 15) is 0 Å². The molecule has 0 radical (unpaired) electrons. The highest BCUT2D eigenvalue weighted by Crippen LogP contribution is 2.22. The molecule has 1 nitrogen and oxygen atoms in total. The van der Waals surface area contributed by atoms with Gasteiger partial charge in [0.05, 0.1) is 0 Å². The molecule has 1 aromatic rings. The minimum absolute atomic E-state index is 0.198. The Hall–Kier alpha value is -0.240. The number of unbranched alkanes of at least 4 members (excludes halogenated alkanes) is 1. The zero-order valence-electron chi connectivity index (χ0n) is 8.97. The second kappa shape index (κ2) is 6.37. The third-order valence-corrected chi connectivity index (χ3v) is 3.01. The van der Waals surface area contributed by atoms with Gasteiger partial charge in [-0.25, -0.2) is 0 Å². The van der Waals surface area contributed by atoms with Crippen LogP contribution in [-0.2, 0) is 6.42 Å². The standard InChI is InChI=1S/C12H17Cl2N/c1-2-3-4-11(15)7-9-5-6-10(13)8-12(9)14/h5-6,8,11H,2-4,7,15H2,1H3. The first kappa shape index (κ1) is 12.8. The third kappa shape index (κ3) is 4.42. The predicted molar refractivity (Wildman–Crippen MR) is 67.7 cm³/mol. The van der Waals surface area contributed by atoms with E-state index in [1.54, 1.807) is 6.07 Å². The molecule has 1 unspecified atom stereocenters. The monoisotopic (exact) mass is 245 g/mol. The van der Waals surface area contributed by atoms with Crippen LogP contribution in [0.15, 0.2) is 18.2 Å². The van der Waals surface area contributed by atoms with Crippen LogP contribution in [0, 0.1) is 0 Å². The van der Waals surface area contributed by atoms with Crippen molar-refractivity contribution in [1.82, 2.24) is 0 Å². The van der Waals surface area contributed by atoms with Crippen molar-refractivity contribution in [3.63, 3.8) is 0 Å². The van der Waals surface area contributed by atoms with Crippen molar-refractivity contribution in [3.05, 3.63) is 33.8 Å². The molecule has 84 valence electrons. The van der Waals surface area contributed by atoms with Crippen LogP contribution in [0.5, 0.6) is 0 Å². The minimum atomic E-state index is 0.198. The quantitative estimate of drug-likeness (QED) is 0.833. The Bertz CT molecular complexity index is 312. The molecular formula is C12H17Cl2N. The lowest BCUT2D eigenvalue weighted by Crippen LogP contribution is -2.22. The highest BCUT2D eigenvalue weighted by molar-refractivity contribution is 6.35. The van der Waals surface area contributed by atoms with E-state index in [0.29, 0.717) is 5.02 Å². The molecule has 0 aliphatic rings. The summed E-state index contributed by atoms with van der Waals surface area (Å²) in [5.41, 5.74) is 7.09. The second-order valence-electron chi connectivity index (χ2n) is 3.84. The fraction of sp³-hybridized carbons (Fsp3) is 0.500. The average molecular weight is 246 g/mol. The van der Waals surface area contributed by atoms with Gasteiger partial charge in [-0.15, -0.1) is 0 Å². The van der Waals surface area contributed by atoms with E-state index < -0.39 is 0 Å². The van der Waals surface area contributed by atoms with Gasteiger partial charge in [0.1, 0.15) is 0 Å². The molecular weight excluding hydrogens is 229 g/mol. The van der Waals surface area contributed by atoms with Crippen molar-refractivity contribution in [1.29, 1.82) is 0 Å². The van der Waals surface area contributed by atoms with Crippen molar-refractivity contribution in [2.45, 2.75) is 38.6 Å². The number of nitrogens with two attached hydrogens (primary N) is 1. The smallest absolute Gasteiger partial charge is 0.0453 e. The Kier molecular flexibility index (Phi) is 5.44. The molecule has 0 saturated heterocycles. The molecule has 0 bridgehead atoms. The Morgan fingerprint density at radius 2 is 2.07 bits per heavy atom. The summed E-state index contributed by atoms with van der Waals surface area (Å²) < 4.78 is 0. The molecule has 0 aromatic heterocycles. The van der Waals surface area contributed by atoms with Crippen molar-refractivity contribution < 1.29 is 0 Å². The van der Waals surface area contributed by atoms with Gasteiger partial charge in [-0.2, -0.15) is 0 Å². The normalized spacial score (nSPS) is 12.8. The van der Waals surface area contributed by atoms with Crippen LogP contribution < -0.4 is 5.73 Å². The summed E-state index contributed by atoms with van der Waals surface area (Å²) in [7, 11) is 0. The first-order valence-electron chi connectivity index (χ1n) is 5.33. The van der Waals surface area contributed by atoms with Gasteiger partial charge in [-0.1, -0.05) is 49.0 Å². The largest absolute Gasteiger partial charge is 0.327 e. The maximum atomic E-state index is 6.07. The molecule has 0 aliphatic carbocycles.